The Kier molecular flexibility index (Phi) is 3.75. The van der Waals surface area contributed by atoms with Gasteiger partial charge in [0.15, 0.2) is 0 Å². The zero-order valence-corrected chi connectivity index (χ0v) is 8.95. The molecule has 0 radical (unpaired) electrons. The molecule has 84 valence electrons. The molecule has 1 aliphatic carbocycles. The summed E-state index contributed by atoms with van der Waals surface area (Å²) in [4.78, 5) is 7.02. The number of hydrogen-bond acceptors (Lipinski definition) is 3. The van der Waals surface area contributed by atoms with Gasteiger partial charge in [-0.2, -0.15) is 0 Å². The summed E-state index contributed by atoms with van der Waals surface area (Å²) in [7, 11) is 0. The van der Waals surface area contributed by atoms with E-state index in [0.29, 0.717) is 5.92 Å². The summed E-state index contributed by atoms with van der Waals surface area (Å²) >= 11 is 0. The first-order chi connectivity index (χ1) is 7.34. The first-order valence-corrected chi connectivity index (χ1v) is 5.70. The van der Waals surface area contributed by atoms with E-state index in [2.05, 4.69) is 15.3 Å². The van der Waals surface area contributed by atoms with Crippen LogP contribution in [-0.4, -0.2) is 27.7 Å². The van der Waals surface area contributed by atoms with Crippen molar-refractivity contribution in [1.82, 2.24) is 15.3 Å². The van der Waals surface area contributed by atoms with E-state index >= 15 is 0 Å². The molecule has 15 heavy (non-hydrogen) atoms. The van der Waals surface area contributed by atoms with Gasteiger partial charge in [-0.05, 0) is 31.7 Å². The highest BCUT2D eigenvalue weighted by molar-refractivity contribution is 4.93. The Morgan fingerprint density at radius 2 is 2.47 bits per heavy atom. The van der Waals surface area contributed by atoms with Gasteiger partial charge in [0, 0.05) is 18.4 Å². The maximum absolute atomic E-state index is 9.52. The van der Waals surface area contributed by atoms with Crippen LogP contribution in [-0.2, 0) is 6.54 Å². The summed E-state index contributed by atoms with van der Waals surface area (Å²) in [6.07, 6.45) is 7.81. The molecule has 2 atom stereocenters. The van der Waals surface area contributed by atoms with Crippen LogP contribution in [0.15, 0.2) is 12.5 Å². The number of aromatic nitrogens is 2. The van der Waals surface area contributed by atoms with Crippen molar-refractivity contribution in [2.24, 2.45) is 5.92 Å². The Labute approximate surface area is 90.1 Å². The molecule has 4 heteroatoms. The van der Waals surface area contributed by atoms with Gasteiger partial charge in [-0.3, -0.25) is 0 Å². The molecular formula is C11H19N3O. The van der Waals surface area contributed by atoms with Crippen molar-refractivity contribution >= 4 is 0 Å². The smallest absolute Gasteiger partial charge is 0.0922 e. The highest BCUT2D eigenvalue weighted by atomic mass is 16.3. The Hall–Kier alpha value is -0.870. The first-order valence-electron chi connectivity index (χ1n) is 5.70. The van der Waals surface area contributed by atoms with Crippen molar-refractivity contribution in [3.05, 3.63) is 18.2 Å². The van der Waals surface area contributed by atoms with Gasteiger partial charge in [-0.25, -0.2) is 4.98 Å². The average molecular weight is 209 g/mol. The predicted molar refractivity (Wildman–Crippen MR) is 58.3 cm³/mol. The Balaban J connectivity index is 1.65. The lowest BCUT2D eigenvalue weighted by atomic mass is 9.87. The average Bonchev–Trinajstić information content (AvgIpc) is 2.71. The fourth-order valence-corrected chi connectivity index (χ4v) is 2.24. The molecule has 1 aromatic rings. The molecule has 2 rings (SSSR count). The maximum atomic E-state index is 9.52. The van der Waals surface area contributed by atoms with Crippen LogP contribution in [0.25, 0.3) is 0 Å². The van der Waals surface area contributed by atoms with E-state index in [4.69, 9.17) is 0 Å². The lowest BCUT2D eigenvalue weighted by Crippen LogP contribution is -2.28. The summed E-state index contributed by atoms with van der Waals surface area (Å²) in [6, 6.07) is 0. The molecular weight excluding hydrogens is 190 g/mol. The molecule has 3 N–H and O–H groups in total. The fraction of sp³-hybridized carbons (Fsp3) is 0.727. The molecule has 0 spiro atoms. The number of aliphatic hydroxyl groups excluding tert-OH is 1. The van der Waals surface area contributed by atoms with Gasteiger partial charge in [0.2, 0.25) is 0 Å². The van der Waals surface area contributed by atoms with E-state index in [1.54, 1.807) is 6.33 Å². The maximum Gasteiger partial charge on any atom is 0.0922 e. The van der Waals surface area contributed by atoms with Gasteiger partial charge in [0.05, 0.1) is 12.4 Å². The summed E-state index contributed by atoms with van der Waals surface area (Å²) in [5.41, 5.74) is 1.12. The molecule has 0 bridgehead atoms. The van der Waals surface area contributed by atoms with Gasteiger partial charge in [-0.1, -0.05) is 6.42 Å². The van der Waals surface area contributed by atoms with E-state index in [-0.39, 0.29) is 6.10 Å². The zero-order chi connectivity index (χ0) is 10.5. The summed E-state index contributed by atoms with van der Waals surface area (Å²) in [6.45, 7) is 1.84. The molecule has 0 amide bonds. The van der Waals surface area contributed by atoms with Gasteiger partial charge in [0.1, 0.15) is 0 Å². The van der Waals surface area contributed by atoms with E-state index in [0.717, 1.165) is 38.0 Å². The number of H-pyrrole nitrogens is 1. The van der Waals surface area contributed by atoms with Crippen LogP contribution in [0, 0.1) is 5.92 Å². The van der Waals surface area contributed by atoms with Crippen LogP contribution < -0.4 is 5.32 Å². The van der Waals surface area contributed by atoms with E-state index in [9.17, 15) is 5.11 Å². The Morgan fingerprint density at radius 3 is 3.20 bits per heavy atom. The number of imidazole rings is 1. The Morgan fingerprint density at radius 1 is 1.53 bits per heavy atom. The second-order valence-electron chi connectivity index (χ2n) is 4.39. The largest absolute Gasteiger partial charge is 0.393 e. The van der Waals surface area contributed by atoms with Crippen LogP contribution >= 0.6 is 0 Å². The standard InChI is InChI=1S/C11H19N3O/c15-11-3-1-2-9(4-11)5-12-6-10-7-13-8-14-10/h7-9,11-12,15H,1-6H2,(H,13,14). The molecule has 1 heterocycles. The number of aliphatic hydroxyl groups is 1. The van der Waals surface area contributed by atoms with Crippen molar-refractivity contribution in [2.45, 2.75) is 38.3 Å². The topological polar surface area (TPSA) is 60.9 Å². The predicted octanol–water partition coefficient (Wildman–Crippen LogP) is 1.05. The molecule has 1 aromatic heterocycles. The minimum Gasteiger partial charge on any atom is -0.393 e. The molecule has 0 aromatic carbocycles. The number of nitrogens with zero attached hydrogens (tertiary/aromatic N) is 1. The molecule has 1 saturated carbocycles. The lowest BCUT2D eigenvalue weighted by Gasteiger charge is -2.25. The van der Waals surface area contributed by atoms with Gasteiger partial charge in [-0.15, -0.1) is 0 Å². The molecule has 0 aliphatic heterocycles. The van der Waals surface area contributed by atoms with Crippen molar-refractivity contribution in [1.29, 1.82) is 0 Å². The normalized spacial score (nSPS) is 26.7. The van der Waals surface area contributed by atoms with E-state index in [1.165, 1.54) is 6.42 Å². The molecule has 4 nitrogen and oxygen atoms in total. The first kappa shape index (κ1) is 10.6. The van der Waals surface area contributed by atoms with Crippen LogP contribution in [0.4, 0.5) is 0 Å². The summed E-state index contributed by atoms with van der Waals surface area (Å²) in [5, 5.41) is 12.9. The third-order valence-corrected chi connectivity index (χ3v) is 3.06. The highest BCUT2D eigenvalue weighted by Crippen LogP contribution is 2.23. The van der Waals surface area contributed by atoms with Crippen molar-refractivity contribution < 1.29 is 5.11 Å². The minimum atomic E-state index is -0.0716. The lowest BCUT2D eigenvalue weighted by molar-refractivity contribution is 0.101. The van der Waals surface area contributed by atoms with Gasteiger partial charge >= 0.3 is 0 Å². The molecule has 0 saturated heterocycles. The summed E-state index contributed by atoms with van der Waals surface area (Å²) in [5.74, 6) is 0.636. The van der Waals surface area contributed by atoms with E-state index in [1.807, 2.05) is 6.20 Å². The van der Waals surface area contributed by atoms with Crippen molar-refractivity contribution in [3.8, 4) is 0 Å². The third kappa shape index (κ3) is 3.32. The number of hydrogen-bond donors (Lipinski definition) is 3. The minimum absolute atomic E-state index is 0.0716. The Bertz CT molecular complexity index is 273. The van der Waals surface area contributed by atoms with Gasteiger partial charge < -0.3 is 15.4 Å². The second kappa shape index (κ2) is 5.28. The number of aromatic amines is 1. The molecule has 1 aliphatic rings. The van der Waals surface area contributed by atoms with Gasteiger partial charge in [0.25, 0.3) is 0 Å². The highest BCUT2D eigenvalue weighted by Gasteiger charge is 2.19. The summed E-state index contributed by atoms with van der Waals surface area (Å²) < 4.78 is 0. The number of nitrogens with one attached hydrogen (secondary N) is 2. The molecule has 2 unspecified atom stereocenters. The second-order valence-corrected chi connectivity index (χ2v) is 4.39. The van der Waals surface area contributed by atoms with Crippen molar-refractivity contribution in [2.75, 3.05) is 6.54 Å². The van der Waals surface area contributed by atoms with Crippen LogP contribution in [0.3, 0.4) is 0 Å². The SMILES string of the molecule is OC1CCCC(CNCc2cnc[nH]2)C1. The van der Waals surface area contributed by atoms with Crippen LogP contribution in [0.2, 0.25) is 0 Å². The van der Waals surface area contributed by atoms with Crippen LogP contribution in [0.5, 0.6) is 0 Å². The third-order valence-electron chi connectivity index (χ3n) is 3.06. The number of rotatable bonds is 4. The quantitative estimate of drug-likeness (QED) is 0.694. The molecule has 1 fully saturated rings. The van der Waals surface area contributed by atoms with Crippen molar-refractivity contribution in [3.63, 3.8) is 0 Å². The van der Waals surface area contributed by atoms with Crippen LogP contribution in [0.1, 0.15) is 31.4 Å². The van der Waals surface area contributed by atoms with E-state index < -0.39 is 0 Å². The fourth-order valence-electron chi connectivity index (χ4n) is 2.24. The monoisotopic (exact) mass is 209 g/mol. The zero-order valence-electron chi connectivity index (χ0n) is 8.95.